The summed E-state index contributed by atoms with van der Waals surface area (Å²) in [7, 11) is -3.38. The SMILES string of the molecule is Cc1ccc2c(c1)nc(S(C)(=O)=O)n2Cc1ccccc1. The lowest BCUT2D eigenvalue weighted by Crippen LogP contribution is -2.10. The van der Waals surface area contributed by atoms with Crippen molar-refractivity contribution in [2.75, 3.05) is 6.26 Å². The zero-order valence-corrected chi connectivity index (χ0v) is 12.8. The monoisotopic (exact) mass is 300 g/mol. The fourth-order valence-electron chi connectivity index (χ4n) is 2.42. The molecule has 4 nitrogen and oxygen atoms in total. The van der Waals surface area contributed by atoms with Gasteiger partial charge in [0.2, 0.25) is 15.0 Å². The molecule has 0 N–H and O–H groups in total. The van der Waals surface area contributed by atoms with Gasteiger partial charge in [0.1, 0.15) is 0 Å². The quantitative estimate of drug-likeness (QED) is 0.747. The third kappa shape index (κ3) is 2.69. The first kappa shape index (κ1) is 13.8. The second-order valence-electron chi connectivity index (χ2n) is 5.23. The molecule has 0 saturated carbocycles. The van der Waals surface area contributed by atoms with Crippen molar-refractivity contribution in [1.82, 2.24) is 9.55 Å². The molecule has 0 unspecified atom stereocenters. The molecule has 21 heavy (non-hydrogen) atoms. The average Bonchev–Trinajstić information content (AvgIpc) is 2.78. The van der Waals surface area contributed by atoms with E-state index in [1.54, 1.807) is 4.57 Å². The van der Waals surface area contributed by atoms with Gasteiger partial charge in [0.05, 0.1) is 17.6 Å². The van der Waals surface area contributed by atoms with Crippen molar-refractivity contribution in [3.05, 3.63) is 59.7 Å². The van der Waals surface area contributed by atoms with Crippen LogP contribution < -0.4 is 0 Å². The molecule has 1 heterocycles. The van der Waals surface area contributed by atoms with Crippen molar-refractivity contribution < 1.29 is 8.42 Å². The highest BCUT2D eigenvalue weighted by atomic mass is 32.2. The van der Waals surface area contributed by atoms with Gasteiger partial charge in [-0.1, -0.05) is 36.4 Å². The summed E-state index contributed by atoms with van der Waals surface area (Å²) in [6.45, 7) is 2.46. The first-order chi connectivity index (χ1) is 9.95. The van der Waals surface area contributed by atoms with Crippen LogP contribution in [0, 0.1) is 6.92 Å². The first-order valence-corrected chi connectivity index (χ1v) is 8.55. The highest BCUT2D eigenvalue weighted by Gasteiger charge is 2.19. The summed E-state index contributed by atoms with van der Waals surface area (Å²) in [5, 5.41) is 0.118. The van der Waals surface area contributed by atoms with Gasteiger partial charge < -0.3 is 4.57 Å². The van der Waals surface area contributed by atoms with Crippen LogP contribution in [-0.2, 0) is 16.4 Å². The Morgan fingerprint density at radius 3 is 2.48 bits per heavy atom. The molecular formula is C16H16N2O2S. The largest absolute Gasteiger partial charge is 0.310 e. The molecule has 5 heteroatoms. The smallest absolute Gasteiger partial charge is 0.228 e. The molecule has 0 bridgehead atoms. The molecule has 3 aromatic rings. The zero-order valence-electron chi connectivity index (χ0n) is 11.9. The average molecular weight is 300 g/mol. The summed E-state index contributed by atoms with van der Waals surface area (Å²) in [6.07, 6.45) is 1.20. The maximum atomic E-state index is 12.0. The summed E-state index contributed by atoms with van der Waals surface area (Å²) in [4.78, 5) is 4.32. The predicted molar refractivity (Wildman–Crippen MR) is 83.1 cm³/mol. The Morgan fingerprint density at radius 2 is 1.81 bits per heavy atom. The molecule has 0 amide bonds. The number of rotatable bonds is 3. The number of sulfone groups is 1. The highest BCUT2D eigenvalue weighted by molar-refractivity contribution is 7.90. The van der Waals surface area contributed by atoms with E-state index in [0.717, 1.165) is 16.6 Å². The number of hydrogen-bond donors (Lipinski definition) is 0. The fraction of sp³-hybridized carbons (Fsp3) is 0.188. The van der Waals surface area contributed by atoms with E-state index in [-0.39, 0.29) is 5.16 Å². The molecule has 0 aliphatic carbocycles. The molecule has 3 rings (SSSR count). The van der Waals surface area contributed by atoms with Crippen LogP contribution in [0.15, 0.2) is 53.7 Å². The molecule has 0 aliphatic rings. The number of imidazole rings is 1. The molecule has 0 atom stereocenters. The highest BCUT2D eigenvalue weighted by Crippen LogP contribution is 2.22. The van der Waals surface area contributed by atoms with Gasteiger partial charge in [0, 0.05) is 6.26 Å². The number of hydrogen-bond acceptors (Lipinski definition) is 3. The summed E-state index contributed by atoms with van der Waals surface area (Å²) >= 11 is 0. The van der Waals surface area contributed by atoms with Crippen molar-refractivity contribution in [3.8, 4) is 0 Å². The standard InChI is InChI=1S/C16H16N2O2S/c1-12-8-9-15-14(10-12)17-16(21(2,19)20)18(15)11-13-6-4-3-5-7-13/h3-10H,11H2,1-2H3. The molecule has 108 valence electrons. The van der Waals surface area contributed by atoms with Gasteiger partial charge in [-0.05, 0) is 30.2 Å². The molecule has 0 aliphatic heterocycles. The van der Waals surface area contributed by atoms with Crippen LogP contribution in [0.3, 0.4) is 0 Å². The minimum absolute atomic E-state index is 0.118. The van der Waals surface area contributed by atoms with Gasteiger partial charge in [-0.3, -0.25) is 0 Å². The van der Waals surface area contributed by atoms with Crippen molar-refractivity contribution >= 4 is 20.9 Å². The van der Waals surface area contributed by atoms with Crippen molar-refractivity contribution in [1.29, 1.82) is 0 Å². The van der Waals surface area contributed by atoms with E-state index in [9.17, 15) is 8.42 Å². The minimum atomic E-state index is -3.38. The minimum Gasteiger partial charge on any atom is -0.310 e. The Bertz CT molecular complexity index is 897. The number of fused-ring (bicyclic) bond motifs is 1. The van der Waals surface area contributed by atoms with Crippen LogP contribution in [-0.4, -0.2) is 24.2 Å². The Labute approximate surface area is 124 Å². The van der Waals surface area contributed by atoms with E-state index in [0.29, 0.717) is 12.1 Å². The van der Waals surface area contributed by atoms with E-state index < -0.39 is 9.84 Å². The molecular weight excluding hydrogens is 284 g/mol. The van der Waals surface area contributed by atoms with E-state index in [4.69, 9.17) is 0 Å². The molecule has 1 aromatic heterocycles. The zero-order chi connectivity index (χ0) is 15.0. The van der Waals surface area contributed by atoms with Gasteiger partial charge in [-0.25, -0.2) is 13.4 Å². The third-order valence-corrected chi connectivity index (χ3v) is 4.36. The van der Waals surface area contributed by atoms with Crippen LogP contribution in [0.1, 0.15) is 11.1 Å². The van der Waals surface area contributed by atoms with Crippen LogP contribution in [0.5, 0.6) is 0 Å². The van der Waals surface area contributed by atoms with Crippen molar-refractivity contribution in [2.24, 2.45) is 0 Å². The lowest BCUT2D eigenvalue weighted by atomic mass is 10.2. The van der Waals surface area contributed by atoms with Gasteiger partial charge >= 0.3 is 0 Å². The first-order valence-electron chi connectivity index (χ1n) is 6.66. The van der Waals surface area contributed by atoms with Crippen LogP contribution in [0.2, 0.25) is 0 Å². The maximum absolute atomic E-state index is 12.0. The van der Waals surface area contributed by atoms with Crippen molar-refractivity contribution in [3.63, 3.8) is 0 Å². The van der Waals surface area contributed by atoms with Gasteiger partial charge in [0.15, 0.2) is 0 Å². The van der Waals surface area contributed by atoms with Gasteiger partial charge in [-0.2, -0.15) is 0 Å². The Hall–Kier alpha value is -2.14. The summed E-state index contributed by atoms with van der Waals surface area (Å²) in [5.74, 6) is 0. The lowest BCUT2D eigenvalue weighted by Gasteiger charge is -2.08. The number of benzene rings is 2. The normalized spacial score (nSPS) is 11.9. The topological polar surface area (TPSA) is 52.0 Å². The molecule has 0 saturated heterocycles. The Balaban J connectivity index is 2.23. The summed E-state index contributed by atoms with van der Waals surface area (Å²) in [5.41, 5.74) is 3.66. The van der Waals surface area contributed by atoms with E-state index in [2.05, 4.69) is 4.98 Å². The lowest BCUT2D eigenvalue weighted by molar-refractivity contribution is 0.581. The molecule has 0 radical (unpaired) electrons. The maximum Gasteiger partial charge on any atom is 0.228 e. The van der Waals surface area contributed by atoms with Gasteiger partial charge in [0.25, 0.3) is 0 Å². The van der Waals surface area contributed by atoms with E-state index in [1.165, 1.54) is 6.26 Å². The van der Waals surface area contributed by atoms with Crippen LogP contribution in [0.4, 0.5) is 0 Å². The molecule has 0 fully saturated rings. The number of aryl methyl sites for hydroxylation is 1. The van der Waals surface area contributed by atoms with Crippen LogP contribution in [0.25, 0.3) is 11.0 Å². The predicted octanol–water partition coefficient (Wildman–Crippen LogP) is 2.80. The van der Waals surface area contributed by atoms with E-state index in [1.807, 2.05) is 55.5 Å². The van der Waals surface area contributed by atoms with E-state index >= 15 is 0 Å². The second-order valence-corrected chi connectivity index (χ2v) is 7.14. The number of aromatic nitrogens is 2. The Kier molecular flexibility index (Phi) is 3.29. The van der Waals surface area contributed by atoms with Crippen LogP contribution >= 0.6 is 0 Å². The fourth-order valence-corrected chi connectivity index (χ4v) is 3.25. The molecule has 0 spiro atoms. The summed E-state index contributed by atoms with van der Waals surface area (Å²) in [6, 6.07) is 15.6. The third-order valence-electron chi connectivity index (χ3n) is 3.38. The Morgan fingerprint density at radius 1 is 1.10 bits per heavy atom. The van der Waals surface area contributed by atoms with Gasteiger partial charge in [-0.15, -0.1) is 0 Å². The molecule has 2 aromatic carbocycles. The summed E-state index contributed by atoms with van der Waals surface area (Å²) < 4.78 is 25.8. The second kappa shape index (κ2) is 5.00. The van der Waals surface area contributed by atoms with Crippen molar-refractivity contribution in [2.45, 2.75) is 18.6 Å². The number of nitrogens with zero attached hydrogens (tertiary/aromatic N) is 2.